The van der Waals surface area contributed by atoms with E-state index in [4.69, 9.17) is 21.1 Å². The van der Waals surface area contributed by atoms with Gasteiger partial charge >= 0.3 is 5.97 Å². The van der Waals surface area contributed by atoms with E-state index >= 15 is 0 Å². The number of benzene rings is 2. The Morgan fingerprint density at radius 1 is 1.16 bits per heavy atom. The summed E-state index contributed by atoms with van der Waals surface area (Å²) in [4.78, 5) is 18.4. The van der Waals surface area contributed by atoms with Crippen molar-refractivity contribution in [2.75, 3.05) is 13.7 Å². The van der Waals surface area contributed by atoms with Gasteiger partial charge in [-0.25, -0.2) is 9.78 Å². The number of nitrogens with zero attached hydrogens (tertiary/aromatic N) is 2. The van der Waals surface area contributed by atoms with Gasteiger partial charge in [0.25, 0.3) is 0 Å². The number of halogens is 1. The van der Waals surface area contributed by atoms with Crippen molar-refractivity contribution in [1.82, 2.24) is 9.55 Å². The molecule has 4 aromatic rings. The van der Waals surface area contributed by atoms with Crippen LogP contribution in [0, 0.1) is 6.92 Å². The predicted molar refractivity (Wildman–Crippen MR) is 124 cm³/mol. The van der Waals surface area contributed by atoms with Crippen molar-refractivity contribution >= 4 is 40.2 Å². The standard InChI is InChI=1S/C24H21ClN2O3S/c1-4-30-22-11-9-18(14-26-22)27-15(2)23(20-10-8-17(25)13-21(20)27)31-19-7-5-6-16(12-19)24(28)29-3/h5-14H,4H2,1-3H3. The quantitative estimate of drug-likeness (QED) is 0.320. The molecular weight excluding hydrogens is 432 g/mol. The molecule has 0 fully saturated rings. The summed E-state index contributed by atoms with van der Waals surface area (Å²) in [7, 11) is 1.38. The molecule has 0 radical (unpaired) electrons. The molecule has 0 aliphatic carbocycles. The number of pyridine rings is 1. The number of ether oxygens (including phenoxy) is 2. The first-order valence-electron chi connectivity index (χ1n) is 9.78. The first-order chi connectivity index (χ1) is 15.0. The zero-order chi connectivity index (χ0) is 22.0. The minimum Gasteiger partial charge on any atom is -0.478 e. The van der Waals surface area contributed by atoms with E-state index in [0.29, 0.717) is 23.1 Å². The first-order valence-corrected chi connectivity index (χ1v) is 11.0. The van der Waals surface area contributed by atoms with E-state index in [0.717, 1.165) is 32.1 Å². The molecule has 0 aliphatic rings. The molecule has 0 N–H and O–H groups in total. The molecule has 0 unspecified atom stereocenters. The van der Waals surface area contributed by atoms with Crippen molar-refractivity contribution in [3.05, 3.63) is 77.1 Å². The highest BCUT2D eigenvalue weighted by Gasteiger charge is 2.18. The Morgan fingerprint density at radius 3 is 2.71 bits per heavy atom. The number of rotatable bonds is 6. The Balaban J connectivity index is 1.82. The number of aromatic nitrogens is 2. The van der Waals surface area contributed by atoms with Crippen molar-refractivity contribution in [3.8, 4) is 11.6 Å². The van der Waals surface area contributed by atoms with Crippen molar-refractivity contribution < 1.29 is 14.3 Å². The third-order valence-corrected chi connectivity index (χ3v) is 6.30. The average Bonchev–Trinajstić information content (AvgIpc) is 3.04. The van der Waals surface area contributed by atoms with Crippen LogP contribution in [0.2, 0.25) is 5.02 Å². The summed E-state index contributed by atoms with van der Waals surface area (Å²) in [5.41, 5.74) is 3.48. The van der Waals surface area contributed by atoms with Crippen molar-refractivity contribution in [3.63, 3.8) is 0 Å². The lowest BCUT2D eigenvalue weighted by Gasteiger charge is -2.10. The van der Waals surface area contributed by atoms with E-state index < -0.39 is 0 Å². The number of esters is 1. The molecule has 2 heterocycles. The second-order valence-corrected chi connectivity index (χ2v) is 8.34. The number of fused-ring (bicyclic) bond motifs is 1. The van der Waals surface area contributed by atoms with Crippen molar-refractivity contribution in [2.24, 2.45) is 0 Å². The Labute approximate surface area is 190 Å². The van der Waals surface area contributed by atoms with Crippen LogP contribution in [0.15, 0.2) is 70.6 Å². The zero-order valence-electron chi connectivity index (χ0n) is 17.4. The fraction of sp³-hybridized carbons (Fsp3) is 0.167. The van der Waals surface area contributed by atoms with Crippen LogP contribution < -0.4 is 4.74 Å². The Kier molecular flexibility index (Phi) is 6.20. The van der Waals surface area contributed by atoms with E-state index in [-0.39, 0.29) is 5.97 Å². The van der Waals surface area contributed by atoms with Gasteiger partial charge in [0.15, 0.2) is 0 Å². The van der Waals surface area contributed by atoms with Crippen LogP contribution >= 0.6 is 23.4 Å². The summed E-state index contributed by atoms with van der Waals surface area (Å²) in [6.45, 7) is 4.57. The number of hydrogen-bond donors (Lipinski definition) is 0. The summed E-state index contributed by atoms with van der Waals surface area (Å²) < 4.78 is 12.5. The molecule has 7 heteroatoms. The van der Waals surface area contributed by atoms with E-state index in [1.807, 2.05) is 55.5 Å². The highest BCUT2D eigenvalue weighted by molar-refractivity contribution is 7.99. The lowest BCUT2D eigenvalue weighted by Crippen LogP contribution is -2.00. The lowest BCUT2D eigenvalue weighted by molar-refractivity contribution is 0.0600. The van der Waals surface area contributed by atoms with E-state index in [9.17, 15) is 4.79 Å². The number of methoxy groups -OCH3 is 1. The fourth-order valence-corrected chi connectivity index (χ4v) is 4.74. The maximum atomic E-state index is 11.9. The van der Waals surface area contributed by atoms with E-state index in [1.54, 1.807) is 24.0 Å². The number of hydrogen-bond acceptors (Lipinski definition) is 5. The summed E-state index contributed by atoms with van der Waals surface area (Å²) in [5, 5.41) is 1.73. The second-order valence-electron chi connectivity index (χ2n) is 6.82. The Hall–Kier alpha value is -2.96. The molecule has 2 aromatic heterocycles. The molecule has 0 saturated heterocycles. The highest BCUT2D eigenvalue weighted by Crippen LogP contribution is 2.40. The molecule has 0 amide bonds. The van der Waals surface area contributed by atoms with Gasteiger partial charge in [0, 0.05) is 32.0 Å². The molecule has 0 spiro atoms. The zero-order valence-corrected chi connectivity index (χ0v) is 19.0. The van der Waals surface area contributed by atoms with Gasteiger partial charge in [-0.2, -0.15) is 0 Å². The average molecular weight is 453 g/mol. The molecule has 2 aromatic carbocycles. The Bertz CT molecular complexity index is 1250. The molecule has 31 heavy (non-hydrogen) atoms. The molecule has 0 bridgehead atoms. The summed E-state index contributed by atoms with van der Waals surface area (Å²) >= 11 is 7.93. The number of carbonyl (C=O) groups is 1. The van der Waals surface area contributed by atoms with Crippen LogP contribution in [0.5, 0.6) is 5.88 Å². The largest absolute Gasteiger partial charge is 0.478 e. The lowest BCUT2D eigenvalue weighted by atomic mass is 10.2. The monoisotopic (exact) mass is 452 g/mol. The summed E-state index contributed by atoms with van der Waals surface area (Å²) in [5.74, 6) is 0.237. The molecular formula is C24H21ClN2O3S. The van der Waals surface area contributed by atoms with Crippen LogP contribution in [0.1, 0.15) is 23.0 Å². The van der Waals surface area contributed by atoms with Gasteiger partial charge in [0.05, 0.1) is 36.7 Å². The maximum Gasteiger partial charge on any atom is 0.337 e. The summed E-state index contributed by atoms with van der Waals surface area (Å²) in [6, 6.07) is 17.1. The van der Waals surface area contributed by atoms with Crippen LogP contribution in [0.4, 0.5) is 0 Å². The first kappa shape index (κ1) is 21.3. The van der Waals surface area contributed by atoms with Gasteiger partial charge in [0.1, 0.15) is 0 Å². The van der Waals surface area contributed by atoms with Gasteiger partial charge in [-0.3, -0.25) is 0 Å². The van der Waals surface area contributed by atoms with Gasteiger partial charge in [0.2, 0.25) is 5.88 Å². The van der Waals surface area contributed by atoms with Crippen molar-refractivity contribution in [1.29, 1.82) is 0 Å². The van der Waals surface area contributed by atoms with E-state index in [1.165, 1.54) is 7.11 Å². The Morgan fingerprint density at radius 2 is 2.00 bits per heavy atom. The molecule has 4 rings (SSSR count). The minimum atomic E-state index is -0.353. The molecule has 5 nitrogen and oxygen atoms in total. The molecule has 0 aliphatic heterocycles. The highest BCUT2D eigenvalue weighted by atomic mass is 35.5. The van der Waals surface area contributed by atoms with Gasteiger partial charge < -0.3 is 14.0 Å². The third kappa shape index (κ3) is 4.27. The van der Waals surface area contributed by atoms with Crippen LogP contribution in [0.25, 0.3) is 16.6 Å². The normalized spacial score (nSPS) is 11.0. The molecule has 158 valence electrons. The minimum absolute atomic E-state index is 0.353. The van der Waals surface area contributed by atoms with Crippen LogP contribution in [-0.4, -0.2) is 29.2 Å². The maximum absolute atomic E-state index is 11.9. The SMILES string of the molecule is CCOc1ccc(-n2c(C)c(Sc3cccc(C(=O)OC)c3)c3ccc(Cl)cc32)cn1. The van der Waals surface area contributed by atoms with Gasteiger partial charge in [-0.05, 0) is 50.2 Å². The fourth-order valence-electron chi connectivity index (χ4n) is 3.48. The molecule has 0 saturated carbocycles. The van der Waals surface area contributed by atoms with Gasteiger partial charge in [-0.15, -0.1) is 0 Å². The number of carbonyl (C=O) groups excluding carboxylic acids is 1. The topological polar surface area (TPSA) is 53.4 Å². The smallest absolute Gasteiger partial charge is 0.337 e. The van der Waals surface area contributed by atoms with Crippen molar-refractivity contribution in [2.45, 2.75) is 23.6 Å². The van der Waals surface area contributed by atoms with E-state index in [2.05, 4.69) is 16.5 Å². The summed E-state index contributed by atoms with van der Waals surface area (Å²) in [6.07, 6.45) is 1.80. The van der Waals surface area contributed by atoms with Crippen LogP contribution in [-0.2, 0) is 4.74 Å². The van der Waals surface area contributed by atoms with Crippen LogP contribution in [0.3, 0.4) is 0 Å². The predicted octanol–water partition coefficient (Wildman–Crippen LogP) is 6.32. The second kappa shape index (κ2) is 9.04. The molecule has 0 atom stereocenters. The van der Waals surface area contributed by atoms with Gasteiger partial charge in [-0.1, -0.05) is 35.5 Å². The third-order valence-electron chi connectivity index (χ3n) is 4.86.